The fraction of sp³-hybridized carbons (Fsp3) is 0.250. The summed E-state index contributed by atoms with van der Waals surface area (Å²) in [6, 6.07) is 13.0. The van der Waals surface area contributed by atoms with Gasteiger partial charge in [0.1, 0.15) is 0 Å². The standard InChI is InChI=1S/C20H17BrN4O4/c21-18-5-4-16(29-18)20(26)25-9-7-24(8-10-25)19-6-2-14(22-23-19)13-1-3-15-17(11-13)28-12-27-15/h1-6,11H,7-10,12H2. The molecule has 1 fully saturated rings. The number of benzene rings is 1. The number of carbonyl (C=O) groups excluding carboxylic acids is 1. The van der Waals surface area contributed by atoms with Crippen LogP contribution in [0.1, 0.15) is 10.6 Å². The molecule has 0 N–H and O–H groups in total. The monoisotopic (exact) mass is 456 g/mol. The maximum Gasteiger partial charge on any atom is 0.289 e. The first kappa shape index (κ1) is 18.0. The topological polar surface area (TPSA) is 80.9 Å². The fourth-order valence-electron chi connectivity index (χ4n) is 3.43. The summed E-state index contributed by atoms with van der Waals surface area (Å²) >= 11 is 3.23. The normalized spacial score (nSPS) is 15.6. The summed E-state index contributed by atoms with van der Waals surface area (Å²) in [6.45, 7) is 2.82. The Labute approximate surface area is 175 Å². The highest BCUT2D eigenvalue weighted by Gasteiger charge is 2.25. The molecule has 8 nitrogen and oxygen atoms in total. The molecule has 0 radical (unpaired) electrons. The number of carbonyl (C=O) groups is 1. The van der Waals surface area contributed by atoms with Crippen molar-refractivity contribution in [3.05, 3.63) is 52.9 Å². The quantitative estimate of drug-likeness (QED) is 0.598. The molecule has 9 heteroatoms. The van der Waals surface area contributed by atoms with Gasteiger partial charge in [-0.05, 0) is 58.4 Å². The van der Waals surface area contributed by atoms with Crippen molar-refractivity contribution < 1.29 is 18.7 Å². The number of hydrogen-bond acceptors (Lipinski definition) is 7. The lowest BCUT2D eigenvalue weighted by Gasteiger charge is -2.34. The number of furan rings is 1. The average Bonchev–Trinajstić information content (AvgIpc) is 3.42. The zero-order valence-corrected chi connectivity index (χ0v) is 17.0. The van der Waals surface area contributed by atoms with Crippen LogP contribution >= 0.6 is 15.9 Å². The van der Waals surface area contributed by atoms with Crippen LogP contribution in [0.2, 0.25) is 0 Å². The molecule has 5 rings (SSSR count). The molecule has 1 aromatic carbocycles. The summed E-state index contributed by atoms with van der Waals surface area (Å²) in [6.07, 6.45) is 0. The number of anilines is 1. The minimum absolute atomic E-state index is 0.0976. The predicted molar refractivity (Wildman–Crippen MR) is 108 cm³/mol. The van der Waals surface area contributed by atoms with Gasteiger partial charge in [0.25, 0.3) is 5.91 Å². The summed E-state index contributed by atoms with van der Waals surface area (Å²) in [7, 11) is 0. The maximum absolute atomic E-state index is 12.5. The van der Waals surface area contributed by atoms with E-state index in [-0.39, 0.29) is 12.7 Å². The van der Waals surface area contributed by atoms with Gasteiger partial charge in [0.2, 0.25) is 6.79 Å². The van der Waals surface area contributed by atoms with E-state index in [9.17, 15) is 4.79 Å². The van der Waals surface area contributed by atoms with Gasteiger partial charge in [0.15, 0.2) is 27.7 Å². The fourth-order valence-corrected chi connectivity index (χ4v) is 3.73. The van der Waals surface area contributed by atoms with E-state index in [0.717, 1.165) is 28.6 Å². The Kier molecular flexibility index (Phi) is 4.59. The molecule has 2 aliphatic rings. The van der Waals surface area contributed by atoms with Crippen LogP contribution in [0.5, 0.6) is 11.5 Å². The van der Waals surface area contributed by atoms with Crippen LogP contribution in [0, 0.1) is 0 Å². The SMILES string of the molecule is O=C(c1ccc(Br)o1)N1CCN(c2ccc(-c3ccc4c(c3)OCO4)nn2)CC1. The maximum atomic E-state index is 12.5. The second-order valence-corrected chi connectivity index (χ2v) is 7.51. The van der Waals surface area contributed by atoms with Gasteiger partial charge in [0.05, 0.1) is 5.69 Å². The summed E-state index contributed by atoms with van der Waals surface area (Å²) in [5, 5.41) is 8.74. The highest BCUT2D eigenvalue weighted by atomic mass is 79.9. The summed E-state index contributed by atoms with van der Waals surface area (Å²) in [5.74, 6) is 2.51. The molecule has 148 valence electrons. The van der Waals surface area contributed by atoms with E-state index >= 15 is 0 Å². The van der Waals surface area contributed by atoms with E-state index in [1.807, 2.05) is 30.3 Å². The number of ether oxygens (including phenoxy) is 2. The molecule has 0 saturated carbocycles. The number of halogens is 1. The minimum atomic E-state index is -0.0976. The highest BCUT2D eigenvalue weighted by molar-refractivity contribution is 9.10. The van der Waals surface area contributed by atoms with Crippen molar-refractivity contribution in [1.29, 1.82) is 0 Å². The Morgan fingerprint density at radius 2 is 1.76 bits per heavy atom. The molecule has 2 aliphatic heterocycles. The third kappa shape index (κ3) is 3.53. The average molecular weight is 457 g/mol. The molecule has 0 aliphatic carbocycles. The van der Waals surface area contributed by atoms with Crippen molar-refractivity contribution in [3.63, 3.8) is 0 Å². The molecule has 0 spiro atoms. The second-order valence-electron chi connectivity index (χ2n) is 6.73. The van der Waals surface area contributed by atoms with Crippen LogP contribution < -0.4 is 14.4 Å². The van der Waals surface area contributed by atoms with Crippen molar-refractivity contribution in [2.75, 3.05) is 37.9 Å². The molecule has 4 heterocycles. The zero-order chi connectivity index (χ0) is 19.8. The molecule has 2 aromatic heterocycles. The number of hydrogen-bond donors (Lipinski definition) is 0. The van der Waals surface area contributed by atoms with Crippen LogP contribution in [0.3, 0.4) is 0 Å². The number of nitrogens with zero attached hydrogens (tertiary/aromatic N) is 4. The van der Waals surface area contributed by atoms with Gasteiger partial charge in [-0.1, -0.05) is 0 Å². The molecular weight excluding hydrogens is 440 g/mol. The number of rotatable bonds is 3. The summed E-state index contributed by atoms with van der Waals surface area (Å²) in [4.78, 5) is 16.4. The number of piperazine rings is 1. The van der Waals surface area contributed by atoms with E-state index in [2.05, 4.69) is 31.0 Å². The minimum Gasteiger partial charge on any atom is -0.454 e. The van der Waals surface area contributed by atoms with Crippen molar-refractivity contribution in [1.82, 2.24) is 15.1 Å². The van der Waals surface area contributed by atoms with Gasteiger partial charge < -0.3 is 23.7 Å². The largest absolute Gasteiger partial charge is 0.454 e. The Hall–Kier alpha value is -3.07. The van der Waals surface area contributed by atoms with Crippen molar-refractivity contribution in [2.24, 2.45) is 0 Å². The predicted octanol–water partition coefficient (Wildman–Crippen LogP) is 3.19. The van der Waals surface area contributed by atoms with Gasteiger partial charge in [-0.2, -0.15) is 0 Å². The van der Waals surface area contributed by atoms with Gasteiger partial charge in [0, 0.05) is 31.7 Å². The molecule has 0 bridgehead atoms. The van der Waals surface area contributed by atoms with Gasteiger partial charge in [-0.3, -0.25) is 4.79 Å². The number of amides is 1. The van der Waals surface area contributed by atoms with Crippen molar-refractivity contribution >= 4 is 27.7 Å². The van der Waals surface area contributed by atoms with Gasteiger partial charge >= 0.3 is 0 Å². The van der Waals surface area contributed by atoms with Crippen LogP contribution in [-0.2, 0) is 0 Å². The first-order valence-electron chi connectivity index (χ1n) is 9.21. The molecule has 1 amide bonds. The Morgan fingerprint density at radius 1 is 0.931 bits per heavy atom. The zero-order valence-electron chi connectivity index (χ0n) is 15.4. The Bertz CT molecular complexity index is 1040. The number of aromatic nitrogens is 2. The van der Waals surface area contributed by atoms with Gasteiger partial charge in [-0.15, -0.1) is 10.2 Å². The molecule has 1 saturated heterocycles. The van der Waals surface area contributed by atoms with E-state index in [1.165, 1.54) is 0 Å². The van der Waals surface area contributed by atoms with Crippen LogP contribution in [-0.4, -0.2) is 54.0 Å². The lowest BCUT2D eigenvalue weighted by atomic mass is 10.1. The third-order valence-corrected chi connectivity index (χ3v) is 5.42. The van der Waals surface area contributed by atoms with Gasteiger partial charge in [-0.25, -0.2) is 0 Å². The van der Waals surface area contributed by atoms with Crippen molar-refractivity contribution in [3.8, 4) is 22.8 Å². The first-order valence-corrected chi connectivity index (χ1v) is 10.00. The van der Waals surface area contributed by atoms with Crippen LogP contribution in [0.25, 0.3) is 11.3 Å². The second kappa shape index (κ2) is 7.40. The molecular formula is C20H17BrN4O4. The summed E-state index contributed by atoms with van der Waals surface area (Å²) in [5.41, 5.74) is 1.69. The van der Waals surface area contributed by atoms with E-state index < -0.39 is 0 Å². The molecule has 0 unspecified atom stereocenters. The Morgan fingerprint density at radius 3 is 2.48 bits per heavy atom. The smallest absolute Gasteiger partial charge is 0.289 e. The first-order chi connectivity index (χ1) is 14.2. The van der Waals surface area contributed by atoms with E-state index in [1.54, 1.807) is 17.0 Å². The van der Waals surface area contributed by atoms with Crippen molar-refractivity contribution in [2.45, 2.75) is 0 Å². The third-order valence-electron chi connectivity index (χ3n) is 4.99. The Balaban J connectivity index is 1.24. The lowest BCUT2D eigenvalue weighted by Crippen LogP contribution is -2.49. The molecule has 29 heavy (non-hydrogen) atoms. The summed E-state index contributed by atoms with van der Waals surface area (Å²) < 4.78 is 16.7. The molecule has 3 aromatic rings. The van der Waals surface area contributed by atoms with E-state index in [4.69, 9.17) is 13.9 Å². The van der Waals surface area contributed by atoms with Crippen LogP contribution in [0.15, 0.2) is 51.6 Å². The van der Waals surface area contributed by atoms with E-state index in [0.29, 0.717) is 36.6 Å². The molecule has 0 atom stereocenters. The highest BCUT2D eigenvalue weighted by Crippen LogP contribution is 2.35. The number of fused-ring (bicyclic) bond motifs is 1. The van der Waals surface area contributed by atoms with Crippen LogP contribution in [0.4, 0.5) is 5.82 Å². The lowest BCUT2D eigenvalue weighted by molar-refractivity contribution is 0.0713.